The van der Waals surface area contributed by atoms with Crippen molar-refractivity contribution >= 4 is 5.97 Å². The Hall–Kier alpha value is -0.870. The quantitative estimate of drug-likeness (QED) is 0.587. The van der Waals surface area contributed by atoms with Crippen LogP contribution in [0.4, 0.5) is 0 Å². The Kier molecular flexibility index (Phi) is 4.55. The molecule has 0 radical (unpaired) electrons. The first-order valence-electron chi connectivity index (χ1n) is 7.43. The van der Waals surface area contributed by atoms with Crippen molar-refractivity contribution in [3.8, 4) is 0 Å². The summed E-state index contributed by atoms with van der Waals surface area (Å²) in [5.41, 5.74) is 1.06. The highest BCUT2D eigenvalue weighted by atomic mass is 16.7. The molecule has 0 N–H and O–H groups in total. The van der Waals surface area contributed by atoms with Crippen LogP contribution in [0, 0.1) is 11.3 Å². The van der Waals surface area contributed by atoms with Crippen LogP contribution in [0.3, 0.4) is 0 Å². The van der Waals surface area contributed by atoms with Gasteiger partial charge in [0.15, 0.2) is 5.79 Å². The molecule has 0 bridgehead atoms. The lowest BCUT2D eigenvalue weighted by Gasteiger charge is -2.50. The Bertz CT molecular complexity index is 384. The number of hydrogen-bond acceptors (Lipinski definition) is 4. The average Bonchev–Trinajstić information content (AvgIpc) is 2.89. The Balaban J connectivity index is 2.14. The topological polar surface area (TPSA) is 44.8 Å². The second-order valence-corrected chi connectivity index (χ2v) is 6.37. The summed E-state index contributed by atoms with van der Waals surface area (Å²) < 4.78 is 16.8. The first-order chi connectivity index (χ1) is 9.42. The van der Waals surface area contributed by atoms with E-state index in [0.29, 0.717) is 25.6 Å². The zero-order valence-electron chi connectivity index (χ0n) is 12.9. The van der Waals surface area contributed by atoms with E-state index >= 15 is 0 Å². The van der Waals surface area contributed by atoms with Gasteiger partial charge in [0, 0.05) is 18.3 Å². The van der Waals surface area contributed by atoms with E-state index in [2.05, 4.69) is 20.4 Å². The van der Waals surface area contributed by atoms with Crippen molar-refractivity contribution in [2.24, 2.45) is 11.3 Å². The maximum absolute atomic E-state index is 11.5. The zero-order valence-corrected chi connectivity index (χ0v) is 12.9. The third-order valence-corrected chi connectivity index (χ3v) is 5.04. The molecule has 1 aliphatic carbocycles. The number of carbonyl (C=O) groups is 1. The van der Waals surface area contributed by atoms with Gasteiger partial charge in [-0.3, -0.25) is 4.79 Å². The predicted molar refractivity (Wildman–Crippen MR) is 76.1 cm³/mol. The van der Waals surface area contributed by atoms with E-state index in [4.69, 9.17) is 14.2 Å². The van der Waals surface area contributed by atoms with Gasteiger partial charge in [0.05, 0.1) is 20.3 Å². The third kappa shape index (κ3) is 2.77. The van der Waals surface area contributed by atoms with Crippen LogP contribution in [0.1, 0.15) is 46.0 Å². The number of carbonyl (C=O) groups excluding carboxylic acids is 1. The normalized spacial score (nSPS) is 32.2. The van der Waals surface area contributed by atoms with Crippen LogP contribution >= 0.6 is 0 Å². The molecule has 1 aliphatic heterocycles. The van der Waals surface area contributed by atoms with Crippen LogP contribution in [0.5, 0.6) is 0 Å². The van der Waals surface area contributed by atoms with Crippen LogP contribution in [0.2, 0.25) is 0 Å². The SMILES string of the molecule is C=C(C)[C@@H]1CC[C@](C)(CCC(=O)OC)C2(C1)OCCO2. The van der Waals surface area contributed by atoms with Gasteiger partial charge in [0.2, 0.25) is 0 Å². The lowest BCUT2D eigenvalue weighted by Crippen LogP contribution is -2.52. The number of esters is 1. The van der Waals surface area contributed by atoms with Gasteiger partial charge in [-0.1, -0.05) is 19.1 Å². The van der Waals surface area contributed by atoms with Crippen LogP contribution in [0.25, 0.3) is 0 Å². The fourth-order valence-corrected chi connectivity index (χ4v) is 3.49. The van der Waals surface area contributed by atoms with Gasteiger partial charge in [0.25, 0.3) is 0 Å². The minimum absolute atomic E-state index is 0.135. The molecule has 1 spiro atoms. The Morgan fingerprint density at radius 1 is 1.40 bits per heavy atom. The Morgan fingerprint density at radius 2 is 2.05 bits per heavy atom. The summed E-state index contributed by atoms with van der Waals surface area (Å²) in [6.45, 7) is 9.60. The second kappa shape index (κ2) is 5.86. The summed E-state index contributed by atoms with van der Waals surface area (Å²) >= 11 is 0. The number of hydrogen-bond donors (Lipinski definition) is 0. The molecule has 2 fully saturated rings. The molecule has 4 nitrogen and oxygen atoms in total. The van der Waals surface area contributed by atoms with Crippen LogP contribution in [0.15, 0.2) is 12.2 Å². The van der Waals surface area contributed by atoms with E-state index < -0.39 is 5.79 Å². The molecule has 0 aromatic heterocycles. The molecule has 2 atom stereocenters. The molecule has 1 saturated carbocycles. The van der Waals surface area contributed by atoms with Crippen LogP contribution in [-0.4, -0.2) is 32.1 Å². The average molecular weight is 282 g/mol. The molecule has 0 amide bonds. The minimum atomic E-state index is -0.553. The predicted octanol–water partition coefficient (Wildman–Crippen LogP) is 3.07. The molecule has 0 aromatic carbocycles. The molecular weight excluding hydrogens is 256 g/mol. The van der Waals surface area contributed by atoms with Crippen molar-refractivity contribution in [1.82, 2.24) is 0 Å². The van der Waals surface area contributed by atoms with Gasteiger partial charge < -0.3 is 14.2 Å². The molecule has 2 rings (SSSR count). The van der Waals surface area contributed by atoms with Crippen molar-refractivity contribution in [2.45, 2.75) is 51.7 Å². The van der Waals surface area contributed by atoms with Crippen molar-refractivity contribution in [3.63, 3.8) is 0 Å². The van der Waals surface area contributed by atoms with E-state index in [0.717, 1.165) is 25.7 Å². The van der Waals surface area contributed by atoms with Crippen molar-refractivity contribution in [2.75, 3.05) is 20.3 Å². The van der Waals surface area contributed by atoms with Crippen LogP contribution in [-0.2, 0) is 19.0 Å². The van der Waals surface area contributed by atoms with Gasteiger partial charge in [-0.25, -0.2) is 0 Å². The van der Waals surface area contributed by atoms with Crippen LogP contribution < -0.4 is 0 Å². The second-order valence-electron chi connectivity index (χ2n) is 6.37. The standard InChI is InChI=1S/C16H26O4/c1-12(2)13-5-7-15(3,8-6-14(17)18-4)16(11-13)19-9-10-20-16/h13H,1,5-11H2,2-4H3/t13-,15-/m1/s1. The van der Waals surface area contributed by atoms with Gasteiger partial charge in [-0.05, 0) is 32.1 Å². The zero-order chi connectivity index (χ0) is 14.8. The summed E-state index contributed by atoms with van der Waals surface area (Å²) in [5.74, 6) is -0.274. The lowest BCUT2D eigenvalue weighted by molar-refractivity contribution is -0.259. The molecule has 1 heterocycles. The molecule has 0 unspecified atom stereocenters. The molecule has 0 aromatic rings. The third-order valence-electron chi connectivity index (χ3n) is 5.04. The fraction of sp³-hybridized carbons (Fsp3) is 0.812. The largest absolute Gasteiger partial charge is 0.469 e. The summed E-state index contributed by atoms with van der Waals surface area (Å²) in [5, 5.41) is 0. The van der Waals surface area contributed by atoms with E-state index in [9.17, 15) is 4.79 Å². The monoisotopic (exact) mass is 282 g/mol. The molecule has 114 valence electrons. The van der Waals surface area contributed by atoms with Crippen molar-refractivity contribution < 1.29 is 19.0 Å². The van der Waals surface area contributed by atoms with E-state index in [1.807, 2.05) is 0 Å². The lowest BCUT2D eigenvalue weighted by atomic mass is 9.63. The maximum Gasteiger partial charge on any atom is 0.305 e. The number of rotatable bonds is 4. The summed E-state index contributed by atoms with van der Waals surface area (Å²) in [6.07, 6.45) is 4.07. The molecule has 20 heavy (non-hydrogen) atoms. The summed E-state index contributed by atoms with van der Waals surface area (Å²) in [7, 11) is 1.43. The number of allylic oxidation sites excluding steroid dienone is 1. The van der Waals surface area contributed by atoms with Crippen molar-refractivity contribution in [1.29, 1.82) is 0 Å². The number of methoxy groups -OCH3 is 1. The smallest absolute Gasteiger partial charge is 0.305 e. The number of ether oxygens (including phenoxy) is 3. The molecule has 4 heteroatoms. The molecular formula is C16H26O4. The summed E-state index contributed by atoms with van der Waals surface area (Å²) in [6, 6.07) is 0. The highest BCUT2D eigenvalue weighted by molar-refractivity contribution is 5.69. The van der Waals surface area contributed by atoms with Gasteiger partial charge in [0.1, 0.15) is 0 Å². The highest BCUT2D eigenvalue weighted by Gasteiger charge is 2.56. The molecule has 1 saturated heterocycles. The van der Waals surface area contributed by atoms with Gasteiger partial charge in [-0.15, -0.1) is 0 Å². The molecule has 2 aliphatic rings. The Morgan fingerprint density at radius 3 is 2.60 bits per heavy atom. The first-order valence-corrected chi connectivity index (χ1v) is 7.43. The van der Waals surface area contributed by atoms with E-state index in [-0.39, 0.29) is 11.4 Å². The summed E-state index contributed by atoms with van der Waals surface area (Å²) in [4.78, 5) is 11.5. The van der Waals surface area contributed by atoms with Gasteiger partial charge in [-0.2, -0.15) is 0 Å². The Labute approximate surface area is 121 Å². The van der Waals surface area contributed by atoms with Crippen molar-refractivity contribution in [3.05, 3.63) is 12.2 Å². The minimum Gasteiger partial charge on any atom is -0.469 e. The highest BCUT2D eigenvalue weighted by Crippen LogP contribution is 2.54. The maximum atomic E-state index is 11.5. The first kappa shape index (κ1) is 15.5. The van der Waals surface area contributed by atoms with E-state index in [1.165, 1.54) is 12.7 Å². The van der Waals surface area contributed by atoms with E-state index in [1.54, 1.807) is 0 Å². The van der Waals surface area contributed by atoms with Gasteiger partial charge >= 0.3 is 5.97 Å². The fourth-order valence-electron chi connectivity index (χ4n) is 3.49.